The molecule has 0 radical (unpaired) electrons. The molecular weight excluding hydrogens is 346 g/mol. The molecule has 0 spiro atoms. The number of morpholine rings is 1. The largest absolute Gasteiger partial charge is 0.464 e. The number of nitrogens with one attached hydrogen (secondary N) is 3. The molecule has 1 aromatic heterocycles. The van der Waals surface area contributed by atoms with Crippen molar-refractivity contribution in [3.63, 3.8) is 0 Å². The molecule has 3 N–H and O–H groups in total. The summed E-state index contributed by atoms with van der Waals surface area (Å²) in [5, 5.41) is 4.05. The van der Waals surface area contributed by atoms with Crippen LogP contribution in [0, 0.1) is 0 Å². The number of aromatic amines is 1. The summed E-state index contributed by atoms with van der Waals surface area (Å²) in [6.45, 7) is 3.99. The van der Waals surface area contributed by atoms with E-state index in [9.17, 15) is 9.59 Å². The van der Waals surface area contributed by atoms with Crippen LogP contribution in [0.4, 0.5) is 5.69 Å². The van der Waals surface area contributed by atoms with Crippen LogP contribution in [-0.4, -0.2) is 56.8 Å². The summed E-state index contributed by atoms with van der Waals surface area (Å²) < 4.78 is 10.1. The van der Waals surface area contributed by atoms with Gasteiger partial charge < -0.3 is 24.7 Å². The smallest absolute Gasteiger partial charge is 0.356 e. The summed E-state index contributed by atoms with van der Waals surface area (Å²) in [4.78, 5) is 28.7. The lowest BCUT2D eigenvalue weighted by molar-refractivity contribution is -0.907. The molecule has 1 aliphatic rings. The fourth-order valence-corrected chi connectivity index (χ4v) is 3.12. The van der Waals surface area contributed by atoms with Gasteiger partial charge >= 0.3 is 5.97 Å². The maximum Gasteiger partial charge on any atom is 0.356 e. The Hall–Kier alpha value is -2.09. The highest BCUT2D eigenvalue weighted by Crippen LogP contribution is 2.30. The van der Waals surface area contributed by atoms with E-state index >= 15 is 0 Å². The third kappa shape index (κ3) is 4.12. The normalized spacial score (nSPS) is 15.3. The third-order valence-electron chi connectivity index (χ3n) is 4.32. The Morgan fingerprint density at radius 3 is 2.84 bits per heavy atom. The number of quaternary nitrogens is 1. The number of benzene rings is 1. The predicted octanol–water partition coefficient (Wildman–Crippen LogP) is 0.852. The Balaban J connectivity index is 1.77. The highest BCUT2D eigenvalue weighted by Gasteiger charge is 2.21. The van der Waals surface area contributed by atoms with Crippen molar-refractivity contribution in [2.75, 3.05) is 45.3 Å². The van der Waals surface area contributed by atoms with Gasteiger partial charge in [-0.3, -0.25) is 4.79 Å². The molecule has 8 heteroatoms. The fraction of sp³-hybridized carbons (Fsp3) is 0.412. The monoisotopic (exact) mass is 366 g/mol. The Morgan fingerprint density at radius 2 is 2.12 bits per heavy atom. The first-order valence-electron chi connectivity index (χ1n) is 8.19. The maximum atomic E-state index is 12.4. The summed E-state index contributed by atoms with van der Waals surface area (Å²) in [5.74, 6) is -0.688. The molecule has 25 heavy (non-hydrogen) atoms. The predicted molar refractivity (Wildman–Crippen MR) is 94.3 cm³/mol. The highest BCUT2D eigenvalue weighted by molar-refractivity contribution is 6.31. The average molecular weight is 367 g/mol. The number of methoxy groups -OCH3 is 1. The van der Waals surface area contributed by atoms with Crippen molar-refractivity contribution in [2.45, 2.75) is 6.42 Å². The number of hydrogen-bond donors (Lipinski definition) is 3. The summed E-state index contributed by atoms with van der Waals surface area (Å²) in [7, 11) is 1.30. The Morgan fingerprint density at radius 1 is 1.36 bits per heavy atom. The summed E-state index contributed by atoms with van der Waals surface area (Å²) >= 11 is 6.05. The molecule has 1 saturated heterocycles. The van der Waals surface area contributed by atoms with Crippen LogP contribution in [0.15, 0.2) is 18.2 Å². The van der Waals surface area contributed by atoms with E-state index in [1.54, 1.807) is 18.2 Å². The molecule has 3 rings (SSSR count). The highest BCUT2D eigenvalue weighted by atomic mass is 35.5. The minimum atomic E-state index is -0.540. The van der Waals surface area contributed by atoms with E-state index in [4.69, 9.17) is 21.1 Å². The second-order valence-electron chi connectivity index (χ2n) is 5.97. The van der Waals surface area contributed by atoms with Gasteiger partial charge in [0.1, 0.15) is 18.8 Å². The molecule has 2 heterocycles. The molecular formula is C17H21ClN3O4+. The number of aromatic nitrogens is 1. The van der Waals surface area contributed by atoms with E-state index in [0.717, 1.165) is 32.8 Å². The Kier molecular flexibility index (Phi) is 5.57. The zero-order chi connectivity index (χ0) is 17.8. The Bertz CT molecular complexity index is 784. The zero-order valence-corrected chi connectivity index (χ0v) is 14.7. The molecule has 0 bridgehead atoms. The van der Waals surface area contributed by atoms with Crippen LogP contribution in [0.2, 0.25) is 5.02 Å². The lowest BCUT2D eigenvalue weighted by atomic mass is 10.2. The second-order valence-corrected chi connectivity index (χ2v) is 6.40. The first kappa shape index (κ1) is 17.7. The van der Waals surface area contributed by atoms with E-state index in [-0.39, 0.29) is 11.6 Å². The van der Waals surface area contributed by atoms with Crippen molar-refractivity contribution in [1.82, 2.24) is 4.98 Å². The number of halogens is 1. The van der Waals surface area contributed by atoms with E-state index in [1.807, 2.05) is 0 Å². The van der Waals surface area contributed by atoms with Gasteiger partial charge in [-0.15, -0.1) is 0 Å². The zero-order valence-electron chi connectivity index (χ0n) is 14.0. The minimum absolute atomic E-state index is 0.148. The van der Waals surface area contributed by atoms with Gasteiger partial charge in [-0.1, -0.05) is 11.6 Å². The van der Waals surface area contributed by atoms with Crippen molar-refractivity contribution in [3.05, 3.63) is 28.9 Å². The number of carbonyl (C=O) groups excluding carboxylic acids is 2. The van der Waals surface area contributed by atoms with Crippen LogP contribution in [0.25, 0.3) is 10.9 Å². The van der Waals surface area contributed by atoms with Gasteiger partial charge in [-0.05, 0) is 18.2 Å². The summed E-state index contributed by atoms with van der Waals surface area (Å²) in [5.41, 5.74) is 1.33. The van der Waals surface area contributed by atoms with Crippen LogP contribution in [0.5, 0.6) is 0 Å². The number of ether oxygens (including phenoxy) is 2. The molecule has 1 amide bonds. The molecule has 0 atom stereocenters. The van der Waals surface area contributed by atoms with Crippen molar-refractivity contribution in [2.24, 2.45) is 0 Å². The van der Waals surface area contributed by atoms with Gasteiger partial charge in [0.05, 0.1) is 39.0 Å². The molecule has 1 fully saturated rings. The van der Waals surface area contributed by atoms with Gasteiger partial charge in [0.2, 0.25) is 5.91 Å². The maximum absolute atomic E-state index is 12.4. The van der Waals surface area contributed by atoms with E-state index in [1.165, 1.54) is 12.0 Å². The van der Waals surface area contributed by atoms with Crippen molar-refractivity contribution in [1.29, 1.82) is 0 Å². The van der Waals surface area contributed by atoms with Gasteiger partial charge in [-0.25, -0.2) is 4.79 Å². The first-order chi connectivity index (χ1) is 12.1. The van der Waals surface area contributed by atoms with Crippen LogP contribution in [0.3, 0.4) is 0 Å². The Labute approximate surface area is 150 Å². The molecule has 134 valence electrons. The SMILES string of the molecule is COC(=O)c1[nH]c2ccc(Cl)cc2c1NC(=O)CC[NH+]1CCOCC1. The summed E-state index contributed by atoms with van der Waals surface area (Å²) in [6, 6.07) is 5.19. The fourth-order valence-electron chi connectivity index (χ4n) is 2.95. The number of rotatable bonds is 5. The van der Waals surface area contributed by atoms with Crippen molar-refractivity contribution >= 4 is 40.1 Å². The van der Waals surface area contributed by atoms with Crippen LogP contribution in [-0.2, 0) is 14.3 Å². The lowest BCUT2D eigenvalue weighted by Gasteiger charge is -2.23. The number of hydrogen-bond acceptors (Lipinski definition) is 4. The third-order valence-corrected chi connectivity index (χ3v) is 4.56. The number of esters is 1. The van der Waals surface area contributed by atoms with Crippen LogP contribution < -0.4 is 10.2 Å². The molecule has 2 aromatic rings. The quantitative estimate of drug-likeness (QED) is 0.685. The number of amides is 1. The second kappa shape index (κ2) is 7.86. The van der Waals surface area contributed by atoms with Gasteiger partial charge in [0.15, 0.2) is 0 Å². The minimum Gasteiger partial charge on any atom is -0.464 e. The number of carbonyl (C=O) groups is 2. The van der Waals surface area contributed by atoms with Crippen molar-refractivity contribution < 1.29 is 24.0 Å². The number of H-pyrrole nitrogens is 1. The average Bonchev–Trinajstić information content (AvgIpc) is 2.98. The van der Waals surface area contributed by atoms with E-state index < -0.39 is 5.97 Å². The molecule has 0 aliphatic carbocycles. The van der Waals surface area contributed by atoms with Crippen LogP contribution in [0.1, 0.15) is 16.9 Å². The molecule has 1 aliphatic heterocycles. The van der Waals surface area contributed by atoms with Gasteiger partial charge in [0, 0.05) is 15.9 Å². The number of anilines is 1. The molecule has 1 aromatic carbocycles. The first-order valence-corrected chi connectivity index (χ1v) is 8.57. The van der Waals surface area contributed by atoms with E-state index in [2.05, 4.69) is 10.3 Å². The molecule has 0 saturated carbocycles. The van der Waals surface area contributed by atoms with Gasteiger partial charge in [-0.2, -0.15) is 0 Å². The standard InChI is InChI=1S/C17H20ClN3O4/c1-24-17(23)16-15(12-10-11(18)2-3-13(12)19-16)20-14(22)4-5-21-6-8-25-9-7-21/h2-3,10,19H,4-9H2,1H3,(H,20,22)/p+1. The molecule has 7 nitrogen and oxygen atoms in total. The topological polar surface area (TPSA) is 84.9 Å². The van der Waals surface area contributed by atoms with Crippen molar-refractivity contribution in [3.8, 4) is 0 Å². The van der Waals surface area contributed by atoms with Gasteiger partial charge in [0.25, 0.3) is 0 Å². The van der Waals surface area contributed by atoms with Crippen LogP contribution >= 0.6 is 11.6 Å². The van der Waals surface area contributed by atoms with E-state index in [0.29, 0.717) is 28.0 Å². The number of fused-ring (bicyclic) bond motifs is 1. The molecule has 0 unspecified atom stereocenters. The lowest BCUT2D eigenvalue weighted by Crippen LogP contribution is -3.14. The summed E-state index contributed by atoms with van der Waals surface area (Å²) in [6.07, 6.45) is 0.364.